The highest BCUT2D eigenvalue weighted by molar-refractivity contribution is 6.03. The maximum atomic E-state index is 12.3. The monoisotopic (exact) mass is 324 g/mol. The second-order valence-electron chi connectivity index (χ2n) is 5.14. The van der Waals surface area contributed by atoms with Gasteiger partial charge < -0.3 is 10.1 Å². The van der Waals surface area contributed by atoms with Crippen LogP contribution >= 0.6 is 0 Å². The first-order valence-corrected chi connectivity index (χ1v) is 7.40. The van der Waals surface area contributed by atoms with Gasteiger partial charge in [0.25, 0.3) is 11.5 Å². The van der Waals surface area contributed by atoms with Crippen molar-refractivity contribution in [1.82, 2.24) is 14.8 Å². The van der Waals surface area contributed by atoms with Gasteiger partial charge in [0.15, 0.2) is 0 Å². The fourth-order valence-electron chi connectivity index (χ4n) is 2.24. The van der Waals surface area contributed by atoms with E-state index >= 15 is 0 Å². The van der Waals surface area contributed by atoms with Crippen LogP contribution in [0.1, 0.15) is 10.5 Å². The predicted octanol–water partition coefficient (Wildman–Crippen LogP) is 1.69. The van der Waals surface area contributed by atoms with Gasteiger partial charge in [-0.1, -0.05) is 18.2 Å². The summed E-state index contributed by atoms with van der Waals surface area (Å²) >= 11 is 0. The summed E-state index contributed by atoms with van der Waals surface area (Å²) in [5, 5.41) is 7.73. The van der Waals surface area contributed by atoms with Crippen molar-refractivity contribution in [2.45, 2.75) is 6.54 Å². The Labute approximate surface area is 137 Å². The molecule has 0 saturated heterocycles. The fourth-order valence-corrected chi connectivity index (χ4v) is 2.24. The third kappa shape index (κ3) is 3.47. The summed E-state index contributed by atoms with van der Waals surface area (Å²) in [6.45, 7) is 0.626. The Morgan fingerprint density at radius 2 is 2.08 bits per heavy atom. The van der Waals surface area contributed by atoms with Crippen molar-refractivity contribution in [2.75, 3.05) is 19.0 Å². The molecule has 0 aliphatic heterocycles. The number of fused-ring (bicyclic) bond motifs is 1. The molecular weight excluding hydrogens is 308 g/mol. The van der Waals surface area contributed by atoms with Gasteiger partial charge in [0.05, 0.1) is 30.6 Å². The first kappa shape index (κ1) is 15.8. The van der Waals surface area contributed by atoms with E-state index in [9.17, 15) is 9.59 Å². The number of rotatable bonds is 5. The predicted molar refractivity (Wildman–Crippen MR) is 90.1 cm³/mol. The molecule has 7 nitrogen and oxygen atoms in total. The van der Waals surface area contributed by atoms with Crippen LogP contribution in [0.3, 0.4) is 0 Å². The molecule has 0 aliphatic rings. The Morgan fingerprint density at radius 1 is 1.25 bits per heavy atom. The number of amides is 1. The van der Waals surface area contributed by atoms with Gasteiger partial charge in [-0.05, 0) is 18.2 Å². The van der Waals surface area contributed by atoms with Gasteiger partial charge >= 0.3 is 0 Å². The van der Waals surface area contributed by atoms with Crippen LogP contribution in [0.25, 0.3) is 10.9 Å². The van der Waals surface area contributed by atoms with Gasteiger partial charge in [0, 0.05) is 18.6 Å². The molecule has 122 valence electrons. The Hall–Kier alpha value is -3.06. The summed E-state index contributed by atoms with van der Waals surface area (Å²) in [5.41, 5.74) is 1.28. The number of benzene rings is 1. The third-order valence-corrected chi connectivity index (χ3v) is 3.45. The average molecular weight is 324 g/mol. The number of carbonyl (C=O) groups excluding carboxylic acids is 1. The number of aromatic nitrogens is 3. The van der Waals surface area contributed by atoms with Gasteiger partial charge in [-0.15, -0.1) is 0 Å². The normalized spacial score (nSPS) is 10.7. The highest BCUT2D eigenvalue weighted by Crippen LogP contribution is 2.16. The Morgan fingerprint density at radius 3 is 2.92 bits per heavy atom. The summed E-state index contributed by atoms with van der Waals surface area (Å²) in [7, 11) is 1.54. The van der Waals surface area contributed by atoms with Crippen molar-refractivity contribution in [3.8, 4) is 0 Å². The lowest BCUT2D eigenvalue weighted by Gasteiger charge is -2.08. The second kappa shape index (κ2) is 7.01. The number of nitrogens with zero attached hydrogens (tertiary/aromatic N) is 3. The van der Waals surface area contributed by atoms with Gasteiger partial charge in [-0.2, -0.15) is 5.10 Å². The minimum atomic E-state index is -0.404. The van der Waals surface area contributed by atoms with E-state index in [1.807, 2.05) is 30.3 Å². The average Bonchev–Trinajstić information content (AvgIpc) is 2.61. The third-order valence-electron chi connectivity index (χ3n) is 3.45. The standard InChI is InChI=1S/C17H16N4O3/c1-24-9-8-21-16(22)7-6-15(20-21)17(23)19-13-10-12-4-2-3-5-14(12)18-11-13/h2-7,10-11H,8-9H2,1H3,(H,19,23). The zero-order chi connectivity index (χ0) is 16.9. The van der Waals surface area contributed by atoms with E-state index < -0.39 is 5.91 Å². The zero-order valence-electron chi connectivity index (χ0n) is 13.1. The molecule has 0 bridgehead atoms. The number of methoxy groups -OCH3 is 1. The van der Waals surface area contributed by atoms with Crippen molar-refractivity contribution in [1.29, 1.82) is 0 Å². The second-order valence-corrected chi connectivity index (χ2v) is 5.14. The Balaban J connectivity index is 1.81. The number of para-hydroxylation sites is 1. The molecule has 0 aliphatic carbocycles. The van der Waals surface area contributed by atoms with Crippen molar-refractivity contribution < 1.29 is 9.53 Å². The highest BCUT2D eigenvalue weighted by atomic mass is 16.5. The number of nitrogens with one attached hydrogen (secondary N) is 1. The van der Waals surface area contributed by atoms with Crippen LogP contribution in [0.2, 0.25) is 0 Å². The van der Waals surface area contributed by atoms with E-state index in [4.69, 9.17) is 4.74 Å². The van der Waals surface area contributed by atoms with Crippen molar-refractivity contribution >= 4 is 22.5 Å². The zero-order valence-corrected chi connectivity index (χ0v) is 13.1. The highest BCUT2D eigenvalue weighted by Gasteiger charge is 2.10. The van der Waals surface area contributed by atoms with Crippen LogP contribution in [0.15, 0.2) is 53.5 Å². The minimum absolute atomic E-state index is 0.152. The first-order chi connectivity index (χ1) is 11.7. The first-order valence-electron chi connectivity index (χ1n) is 7.40. The van der Waals surface area contributed by atoms with Crippen LogP contribution in [0.4, 0.5) is 5.69 Å². The minimum Gasteiger partial charge on any atom is -0.383 e. The number of anilines is 1. The lowest BCUT2D eigenvalue weighted by atomic mass is 10.2. The summed E-state index contributed by atoms with van der Waals surface area (Å²) < 4.78 is 6.13. The number of hydrogen-bond acceptors (Lipinski definition) is 5. The van der Waals surface area contributed by atoms with E-state index in [-0.39, 0.29) is 17.8 Å². The molecule has 0 saturated carbocycles. The van der Waals surface area contributed by atoms with Crippen LogP contribution in [0, 0.1) is 0 Å². The van der Waals surface area contributed by atoms with Crippen LogP contribution in [0.5, 0.6) is 0 Å². The maximum Gasteiger partial charge on any atom is 0.276 e. The lowest BCUT2D eigenvalue weighted by molar-refractivity contribution is 0.101. The molecule has 0 fully saturated rings. The van der Waals surface area contributed by atoms with E-state index in [0.717, 1.165) is 10.9 Å². The summed E-state index contributed by atoms with van der Waals surface area (Å²) in [6, 6.07) is 12.2. The van der Waals surface area contributed by atoms with E-state index in [0.29, 0.717) is 12.3 Å². The van der Waals surface area contributed by atoms with Crippen LogP contribution in [-0.2, 0) is 11.3 Å². The van der Waals surface area contributed by atoms with Crippen LogP contribution in [-0.4, -0.2) is 34.4 Å². The summed E-state index contributed by atoms with van der Waals surface area (Å²) in [4.78, 5) is 28.3. The number of hydrogen-bond donors (Lipinski definition) is 1. The van der Waals surface area contributed by atoms with Gasteiger partial charge in [-0.3, -0.25) is 14.6 Å². The van der Waals surface area contributed by atoms with Crippen molar-refractivity contribution in [2.24, 2.45) is 0 Å². The lowest BCUT2D eigenvalue weighted by Crippen LogP contribution is -2.27. The quantitative estimate of drug-likeness (QED) is 0.772. The van der Waals surface area contributed by atoms with E-state index in [2.05, 4.69) is 15.4 Å². The molecule has 0 radical (unpaired) electrons. The molecule has 1 aromatic carbocycles. The fraction of sp³-hybridized carbons (Fsp3) is 0.176. The molecule has 0 unspecified atom stereocenters. The molecule has 7 heteroatoms. The van der Waals surface area contributed by atoms with Crippen LogP contribution < -0.4 is 10.9 Å². The molecule has 24 heavy (non-hydrogen) atoms. The van der Waals surface area contributed by atoms with Crippen molar-refractivity contribution in [3.05, 3.63) is 64.7 Å². The van der Waals surface area contributed by atoms with Gasteiger partial charge in [-0.25, -0.2) is 4.68 Å². The summed E-state index contributed by atoms with van der Waals surface area (Å²) in [6.07, 6.45) is 1.58. The number of pyridine rings is 1. The number of carbonyl (C=O) groups is 1. The molecule has 3 rings (SSSR count). The van der Waals surface area contributed by atoms with E-state index in [1.165, 1.54) is 23.9 Å². The van der Waals surface area contributed by atoms with Gasteiger partial charge in [0.1, 0.15) is 5.69 Å². The Kier molecular flexibility index (Phi) is 4.62. The van der Waals surface area contributed by atoms with Gasteiger partial charge in [0.2, 0.25) is 0 Å². The SMILES string of the molecule is COCCn1nc(C(=O)Nc2cnc3ccccc3c2)ccc1=O. The van der Waals surface area contributed by atoms with E-state index in [1.54, 1.807) is 6.20 Å². The maximum absolute atomic E-state index is 12.3. The molecule has 0 atom stereocenters. The number of ether oxygens (including phenoxy) is 1. The smallest absolute Gasteiger partial charge is 0.276 e. The van der Waals surface area contributed by atoms with Crippen molar-refractivity contribution in [3.63, 3.8) is 0 Å². The summed E-state index contributed by atoms with van der Waals surface area (Å²) in [5.74, 6) is -0.404. The molecular formula is C17H16N4O3. The largest absolute Gasteiger partial charge is 0.383 e. The topological polar surface area (TPSA) is 86.1 Å². The molecule has 0 spiro atoms. The molecule has 2 aromatic heterocycles. The molecule has 2 heterocycles. The molecule has 1 N–H and O–H groups in total. The Bertz CT molecular complexity index is 936. The molecule has 1 amide bonds. The molecule has 3 aromatic rings.